The van der Waals surface area contributed by atoms with Crippen molar-refractivity contribution in [2.45, 2.75) is 63.8 Å². The van der Waals surface area contributed by atoms with Gasteiger partial charge in [-0.2, -0.15) is 0 Å². The van der Waals surface area contributed by atoms with Gasteiger partial charge < -0.3 is 18.9 Å². The summed E-state index contributed by atoms with van der Waals surface area (Å²) in [6, 6.07) is 6.64. The minimum atomic E-state index is 0.209. The molecule has 1 aromatic heterocycles. The van der Waals surface area contributed by atoms with E-state index < -0.39 is 0 Å². The van der Waals surface area contributed by atoms with Crippen molar-refractivity contribution in [3.8, 4) is 22.8 Å². The molecule has 0 aliphatic carbocycles. The molecule has 1 saturated heterocycles. The second-order valence-corrected chi connectivity index (χ2v) is 8.69. The second kappa shape index (κ2) is 8.69. The SMILES string of the molecule is CCn1c(-c2ccc3c(c2)OCCO3)cnc1SCC(=O)N1C(C)CCCC1C. The average molecular weight is 416 g/mol. The number of hydrogen-bond donors (Lipinski definition) is 0. The van der Waals surface area contributed by atoms with Gasteiger partial charge in [-0.15, -0.1) is 0 Å². The van der Waals surface area contributed by atoms with Gasteiger partial charge in [-0.3, -0.25) is 4.79 Å². The molecule has 2 aliphatic heterocycles. The number of fused-ring (bicyclic) bond motifs is 1. The quantitative estimate of drug-likeness (QED) is 0.684. The molecular weight excluding hydrogens is 386 g/mol. The lowest BCUT2D eigenvalue weighted by molar-refractivity contribution is -0.134. The van der Waals surface area contributed by atoms with Gasteiger partial charge >= 0.3 is 0 Å². The Bertz CT molecular complexity index is 872. The van der Waals surface area contributed by atoms with E-state index in [1.54, 1.807) is 0 Å². The van der Waals surface area contributed by atoms with Crippen molar-refractivity contribution in [3.63, 3.8) is 0 Å². The van der Waals surface area contributed by atoms with Crippen molar-refractivity contribution in [3.05, 3.63) is 24.4 Å². The van der Waals surface area contributed by atoms with Crippen LogP contribution in [0.5, 0.6) is 11.5 Å². The molecule has 6 nitrogen and oxygen atoms in total. The summed E-state index contributed by atoms with van der Waals surface area (Å²) in [7, 11) is 0. The monoisotopic (exact) mass is 415 g/mol. The van der Waals surface area contributed by atoms with Gasteiger partial charge in [0, 0.05) is 24.2 Å². The summed E-state index contributed by atoms with van der Waals surface area (Å²) >= 11 is 1.53. The summed E-state index contributed by atoms with van der Waals surface area (Å²) < 4.78 is 13.5. The lowest BCUT2D eigenvalue weighted by atomic mass is 9.98. The normalized spacial score (nSPS) is 21.3. The van der Waals surface area contributed by atoms with Crippen LogP contribution in [0.4, 0.5) is 0 Å². The standard InChI is InChI=1S/C22H29N3O3S/c1-4-24-18(17-8-9-19-20(12-17)28-11-10-27-19)13-23-22(24)29-14-21(26)25-15(2)6-5-7-16(25)3/h8-9,12-13,15-16H,4-7,10-11,14H2,1-3H3. The number of ether oxygens (including phenoxy) is 2. The van der Waals surface area contributed by atoms with Gasteiger partial charge in [0.15, 0.2) is 16.7 Å². The number of rotatable bonds is 5. The molecule has 2 atom stereocenters. The molecule has 4 rings (SSSR count). The summed E-state index contributed by atoms with van der Waals surface area (Å²) in [5.74, 6) is 2.19. The Morgan fingerprint density at radius 3 is 2.62 bits per heavy atom. The molecule has 1 amide bonds. The molecule has 1 aromatic carbocycles. The Hall–Kier alpha value is -2.15. The number of carbonyl (C=O) groups is 1. The van der Waals surface area contributed by atoms with Crippen LogP contribution in [0.3, 0.4) is 0 Å². The smallest absolute Gasteiger partial charge is 0.233 e. The van der Waals surface area contributed by atoms with Gasteiger partial charge in [0.1, 0.15) is 13.2 Å². The van der Waals surface area contributed by atoms with Gasteiger partial charge in [-0.05, 0) is 58.2 Å². The van der Waals surface area contributed by atoms with Crippen molar-refractivity contribution in [2.24, 2.45) is 0 Å². The van der Waals surface area contributed by atoms with Crippen molar-refractivity contribution in [1.29, 1.82) is 0 Å². The maximum atomic E-state index is 12.9. The Balaban J connectivity index is 1.50. The molecule has 2 unspecified atom stereocenters. The molecule has 1 fully saturated rings. The number of nitrogens with zero attached hydrogens (tertiary/aromatic N) is 3. The van der Waals surface area contributed by atoms with E-state index in [0.29, 0.717) is 31.1 Å². The van der Waals surface area contributed by atoms with E-state index in [1.165, 1.54) is 18.2 Å². The summed E-state index contributed by atoms with van der Waals surface area (Å²) in [5, 5.41) is 0.878. The van der Waals surface area contributed by atoms with E-state index in [9.17, 15) is 4.79 Å². The van der Waals surface area contributed by atoms with Crippen LogP contribution in [0.2, 0.25) is 0 Å². The zero-order chi connectivity index (χ0) is 20.4. The third kappa shape index (κ3) is 4.10. The van der Waals surface area contributed by atoms with Gasteiger partial charge in [0.25, 0.3) is 0 Å². The van der Waals surface area contributed by atoms with Crippen molar-refractivity contribution < 1.29 is 14.3 Å². The third-order valence-corrected chi connectivity index (χ3v) is 6.75. The summed E-state index contributed by atoms with van der Waals surface area (Å²) in [6.07, 6.45) is 5.28. The topological polar surface area (TPSA) is 56.6 Å². The highest BCUT2D eigenvalue weighted by Gasteiger charge is 2.29. The number of hydrogen-bond acceptors (Lipinski definition) is 5. The number of benzene rings is 1. The largest absolute Gasteiger partial charge is 0.486 e. The second-order valence-electron chi connectivity index (χ2n) is 7.75. The number of carbonyl (C=O) groups excluding carboxylic acids is 1. The third-order valence-electron chi connectivity index (χ3n) is 5.78. The van der Waals surface area contributed by atoms with Crippen LogP contribution < -0.4 is 9.47 Å². The van der Waals surface area contributed by atoms with Crippen LogP contribution in [-0.2, 0) is 11.3 Å². The van der Waals surface area contributed by atoms with E-state index in [1.807, 2.05) is 24.4 Å². The zero-order valence-corrected chi connectivity index (χ0v) is 18.2. The number of imidazole rings is 1. The molecular formula is C22H29N3O3S. The van der Waals surface area contributed by atoms with Crippen molar-refractivity contribution in [1.82, 2.24) is 14.5 Å². The summed E-state index contributed by atoms with van der Waals surface area (Å²) in [5.41, 5.74) is 2.07. The zero-order valence-electron chi connectivity index (χ0n) is 17.4. The molecule has 0 radical (unpaired) electrons. The van der Waals surface area contributed by atoms with Crippen LogP contribution in [0, 0.1) is 0 Å². The highest BCUT2D eigenvalue weighted by Crippen LogP contribution is 2.35. The molecule has 29 heavy (non-hydrogen) atoms. The van der Waals surface area contributed by atoms with Crippen molar-refractivity contribution in [2.75, 3.05) is 19.0 Å². The number of piperidine rings is 1. The van der Waals surface area contributed by atoms with Gasteiger partial charge in [-0.25, -0.2) is 4.98 Å². The lowest BCUT2D eigenvalue weighted by Gasteiger charge is -2.39. The first-order chi connectivity index (χ1) is 14.1. The molecule has 156 valence electrons. The van der Waals surface area contributed by atoms with Gasteiger partial charge in [0.05, 0.1) is 17.6 Å². The summed E-state index contributed by atoms with van der Waals surface area (Å²) in [6.45, 7) is 8.36. The first-order valence-electron chi connectivity index (χ1n) is 10.5. The van der Waals surface area contributed by atoms with E-state index in [-0.39, 0.29) is 5.91 Å². The first kappa shape index (κ1) is 20.1. The van der Waals surface area contributed by atoms with Crippen LogP contribution in [0.1, 0.15) is 40.0 Å². The number of thioether (sulfide) groups is 1. The predicted octanol–water partition coefficient (Wildman–Crippen LogP) is 4.22. The van der Waals surface area contributed by atoms with Gasteiger partial charge in [0.2, 0.25) is 5.91 Å². The molecule has 0 bridgehead atoms. The number of aromatic nitrogens is 2. The fraction of sp³-hybridized carbons (Fsp3) is 0.545. The maximum Gasteiger partial charge on any atom is 0.233 e. The van der Waals surface area contributed by atoms with E-state index in [0.717, 1.165) is 47.3 Å². The van der Waals surface area contributed by atoms with Crippen LogP contribution in [-0.4, -0.2) is 51.4 Å². The first-order valence-corrected chi connectivity index (χ1v) is 11.5. The summed E-state index contributed by atoms with van der Waals surface area (Å²) in [4.78, 5) is 19.5. The predicted molar refractivity (Wildman–Crippen MR) is 115 cm³/mol. The minimum absolute atomic E-state index is 0.209. The minimum Gasteiger partial charge on any atom is -0.486 e. The van der Waals surface area contributed by atoms with Crippen LogP contribution >= 0.6 is 11.8 Å². The highest BCUT2D eigenvalue weighted by atomic mass is 32.2. The van der Waals surface area contributed by atoms with Crippen LogP contribution in [0.15, 0.2) is 29.6 Å². The number of amides is 1. The lowest BCUT2D eigenvalue weighted by Crippen LogP contribution is -2.48. The molecule has 0 N–H and O–H groups in total. The maximum absolute atomic E-state index is 12.9. The Morgan fingerprint density at radius 2 is 1.90 bits per heavy atom. The fourth-order valence-corrected chi connectivity index (χ4v) is 5.24. The Morgan fingerprint density at radius 1 is 1.17 bits per heavy atom. The van der Waals surface area contributed by atoms with E-state index in [4.69, 9.17) is 9.47 Å². The fourth-order valence-electron chi connectivity index (χ4n) is 4.33. The van der Waals surface area contributed by atoms with E-state index in [2.05, 4.69) is 35.2 Å². The Labute approximate surface area is 176 Å². The number of likely N-dealkylation sites (tertiary alicyclic amines) is 1. The van der Waals surface area contributed by atoms with Crippen molar-refractivity contribution >= 4 is 17.7 Å². The molecule has 0 spiro atoms. The Kier molecular flexibility index (Phi) is 6.04. The van der Waals surface area contributed by atoms with E-state index >= 15 is 0 Å². The average Bonchev–Trinajstić information content (AvgIpc) is 3.14. The van der Waals surface area contributed by atoms with Gasteiger partial charge in [-0.1, -0.05) is 11.8 Å². The molecule has 0 saturated carbocycles. The molecule has 3 heterocycles. The molecule has 2 aliphatic rings. The van der Waals surface area contributed by atoms with Crippen LogP contribution in [0.25, 0.3) is 11.3 Å². The highest BCUT2D eigenvalue weighted by molar-refractivity contribution is 7.99. The molecule has 2 aromatic rings. The molecule has 7 heteroatoms.